The number of benzene rings is 2. The van der Waals surface area contributed by atoms with E-state index < -0.39 is 17.7 Å². The maximum Gasteiger partial charge on any atom is 0.416 e. The largest absolute Gasteiger partial charge is 0.416 e. The van der Waals surface area contributed by atoms with Gasteiger partial charge in [-0.25, -0.2) is 8.78 Å². The summed E-state index contributed by atoms with van der Waals surface area (Å²) in [7, 11) is 1.50. The normalized spacial score (nSPS) is 10.1. The van der Waals surface area contributed by atoms with E-state index in [9.17, 15) is 22.0 Å². The second kappa shape index (κ2) is 20.4. The monoisotopic (exact) mass is 552 g/mol. The molecule has 0 fully saturated rings. The fourth-order valence-corrected chi connectivity index (χ4v) is 2.95. The van der Waals surface area contributed by atoms with Crippen LogP contribution in [0.3, 0.4) is 0 Å². The number of aliphatic imine (C=N–C) groups is 1. The van der Waals surface area contributed by atoms with Gasteiger partial charge in [-0.15, -0.1) is 13.2 Å². The Hall–Kier alpha value is -3.59. The minimum Gasteiger partial charge on any atom is -0.385 e. The Morgan fingerprint density at radius 2 is 1.62 bits per heavy atom. The van der Waals surface area contributed by atoms with E-state index in [0.29, 0.717) is 17.9 Å². The second-order valence-electron chi connectivity index (χ2n) is 7.77. The number of aryl methyl sites for hydroxylation is 1. The van der Waals surface area contributed by atoms with Crippen LogP contribution in [0.2, 0.25) is 0 Å². The highest BCUT2D eigenvalue weighted by Gasteiger charge is 2.30. The van der Waals surface area contributed by atoms with E-state index in [2.05, 4.69) is 78.7 Å². The number of nitrogens with two attached hydrogens (primary N) is 1. The number of hydrogen-bond acceptors (Lipinski definition) is 4. The summed E-state index contributed by atoms with van der Waals surface area (Å²) in [5.41, 5.74) is 6.19. The van der Waals surface area contributed by atoms with Gasteiger partial charge in [0.05, 0.1) is 5.56 Å². The number of pyridine rings is 1. The molecule has 0 saturated carbocycles. The van der Waals surface area contributed by atoms with Crippen molar-refractivity contribution in [2.45, 2.75) is 52.1 Å². The van der Waals surface area contributed by atoms with Crippen molar-refractivity contribution in [3.8, 4) is 0 Å². The predicted octanol–water partition coefficient (Wildman–Crippen LogP) is 8.95. The van der Waals surface area contributed by atoms with Crippen molar-refractivity contribution in [3.05, 3.63) is 97.5 Å². The molecule has 0 unspecified atom stereocenters. The summed E-state index contributed by atoms with van der Waals surface area (Å²) in [5, 5.41) is 5.38. The van der Waals surface area contributed by atoms with Gasteiger partial charge < -0.3 is 11.1 Å². The molecule has 1 aromatic heterocycles. The summed E-state index contributed by atoms with van der Waals surface area (Å²) in [6, 6.07) is 13.6. The minimum absolute atomic E-state index is 0.204. The van der Waals surface area contributed by atoms with Crippen molar-refractivity contribution in [2.24, 2.45) is 10.7 Å². The number of nitrogens with zero attached hydrogens (tertiary/aromatic N) is 2. The van der Waals surface area contributed by atoms with Crippen molar-refractivity contribution >= 4 is 23.2 Å². The smallest absolute Gasteiger partial charge is 0.385 e. The molecule has 9 heteroatoms. The number of fused-ring (bicyclic) bond motifs is 1. The topological polar surface area (TPSA) is 63.3 Å². The maximum absolute atomic E-state index is 12.2. The van der Waals surface area contributed by atoms with E-state index in [1.807, 2.05) is 19.3 Å². The lowest BCUT2D eigenvalue weighted by atomic mass is 10.1. The molecular weight excluding hydrogens is 511 g/mol. The van der Waals surface area contributed by atoms with E-state index in [-0.39, 0.29) is 12.8 Å². The molecule has 39 heavy (non-hydrogen) atoms. The number of allylic oxidation sites excluding steroid dienone is 1. The lowest BCUT2D eigenvalue weighted by Gasteiger charge is -2.08. The number of rotatable bonds is 7. The van der Waals surface area contributed by atoms with Gasteiger partial charge >= 0.3 is 6.18 Å². The fourth-order valence-electron chi connectivity index (χ4n) is 2.95. The quantitative estimate of drug-likeness (QED) is 0.175. The number of anilines is 1. The van der Waals surface area contributed by atoms with Crippen LogP contribution in [-0.4, -0.2) is 31.2 Å². The zero-order chi connectivity index (χ0) is 30.5. The molecule has 0 spiro atoms. The minimum atomic E-state index is -4.26. The molecule has 0 bridgehead atoms. The van der Waals surface area contributed by atoms with E-state index in [4.69, 9.17) is 0 Å². The average molecular weight is 553 g/mol. The first kappa shape index (κ1) is 37.6. The Kier molecular flexibility index (Phi) is 19.6. The van der Waals surface area contributed by atoms with E-state index in [0.717, 1.165) is 25.5 Å². The Morgan fingerprint density at radius 3 is 2.13 bits per heavy atom. The number of halogens is 5. The molecular formula is C30H41F5N4. The molecule has 0 saturated heterocycles. The molecule has 0 amide bonds. The third kappa shape index (κ3) is 16.8. The van der Waals surface area contributed by atoms with Gasteiger partial charge in [-0.05, 0) is 75.7 Å². The highest BCUT2D eigenvalue weighted by molar-refractivity contribution is 5.84. The molecule has 3 aromatic rings. The Morgan fingerprint density at radius 1 is 1.00 bits per heavy atom. The van der Waals surface area contributed by atoms with Crippen LogP contribution in [0.4, 0.5) is 27.6 Å². The highest BCUT2D eigenvalue weighted by atomic mass is 19.4. The predicted molar refractivity (Wildman–Crippen MR) is 157 cm³/mol. The lowest BCUT2D eigenvalue weighted by Crippen LogP contribution is -2.08. The van der Waals surface area contributed by atoms with Crippen LogP contribution < -0.4 is 11.1 Å². The van der Waals surface area contributed by atoms with Crippen LogP contribution >= 0.6 is 0 Å². The van der Waals surface area contributed by atoms with E-state index in [1.54, 1.807) is 6.07 Å². The van der Waals surface area contributed by atoms with Crippen molar-refractivity contribution in [3.63, 3.8) is 0 Å². The van der Waals surface area contributed by atoms with Gasteiger partial charge in [0, 0.05) is 42.1 Å². The Balaban J connectivity index is 0. The zero-order valence-electron chi connectivity index (χ0n) is 23.3. The Labute approximate surface area is 229 Å². The van der Waals surface area contributed by atoms with Gasteiger partial charge in [0.15, 0.2) is 0 Å². The summed E-state index contributed by atoms with van der Waals surface area (Å²) >= 11 is 0. The molecule has 0 aliphatic rings. The number of aromatic nitrogens is 1. The van der Waals surface area contributed by atoms with Crippen LogP contribution in [0.5, 0.6) is 0 Å². The van der Waals surface area contributed by atoms with Gasteiger partial charge in [0.2, 0.25) is 5.92 Å². The van der Waals surface area contributed by atoms with Crippen molar-refractivity contribution < 1.29 is 22.0 Å². The number of alkyl halides is 5. The van der Waals surface area contributed by atoms with Crippen molar-refractivity contribution in [1.82, 2.24) is 4.98 Å². The zero-order valence-corrected chi connectivity index (χ0v) is 23.3. The fraction of sp³-hybridized carbons (Fsp3) is 0.333. The van der Waals surface area contributed by atoms with Crippen LogP contribution in [0.25, 0.3) is 10.8 Å². The van der Waals surface area contributed by atoms with Gasteiger partial charge in [-0.2, -0.15) is 13.2 Å². The first-order chi connectivity index (χ1) is 18.4. The van der Waals surface area contributed by atoms with Crippen molar-refractivity contribution in [2.75, 3.05) is 18.9 Å². The van der Waals surface area contributed by atoms with Crippen LogP contribution in [-0.2, 0) is 12.6 Å². The van der Waals surface area contributed by atoms with Crippen LogP contribution in [0.1, 0.15) is 44.7 Å². The molecule has 2 aromatic carbocycles. The van der Waals surface area contributed by atoms with Gasteiger partial charge in [0.25, 0.3) is 0 Å². The van der Waals surface area contributed by atoms with Crippen molar-refractivity contribution in [1.29, 1.82) is 0 Å². The number of nitrogens with one attached hydrogen (secondary N) is 1. The summed E-state index contributed by atoms with van der Waals surface area (Å²) in [6.45, 7) is 18.1. The third-order valence-corrected chi connectivity index (χ3v) is 4.80. The van der Waals surface area contributed by atoms with E-state index in [1.165, 1.54) is 29.4 Å². The average Bonchev–Trinajstić information content (AvgIpc) is 2.94. The summed E-state index contributed by atoms with van der Waals surface area (Å²) < 4.78 is 60.8. The lowest BCUT2D eigenvalue weighted by molar-refractivity contribution is -0.137. The number of hydrogen-bond donors (Lipinski definition) is 2. The molecule has 216 valence electrons. The van der Waals surface area contributed by atoms with Crippen LogP contribution in [0.15, 0.2) is 91.4 Å². The summed E-state index contributed by atoms with van der Waals surface area (Å²) in [6.07, 6.45) is 0.598. The molecule has 3 rings (SSSR count). The SMILES string of the molecule is C=C.C=NC(=C)CCC(C)(F)F.CCNc1cccc(C(F)(F)F)c1.CCc1cccc2cnccc12.CN. The van der Waals surface area contributed by atoms with Crippen LogP contribution in [0, 0.1) is 0 Å². The molecule has 0 radical (unpaired) electrons. The second-order valence-corrected chi connectivity index (χ2v) is 7.77. The molecule has 3 N–H and O–H groups in total. The molecule has 1 heterocycles. The highest BCUT2D eigenvalue weighted by Crippen LogP contribution is 2.30. The third-order valence-electron chi connectivity index (χ3n) is 4.80. The molecule has 0 aliphatic carbocycles. The first-order valence-electron chi connectivity index (χ1n) is 12.2. The molecule has 0 atom stereocenters. The van der Waals surface area contributed by atoms with Gasteiger partial charge in [-0.3, -0.25) is 9.98 Å². The molecule has 0 aliphatic heterocycles. The molecule has 4 nitrogen and oxygen atoms in total. The maximum atomic E-state index is 12.2. The van der Waals surface area contributed by atoms with Gasteiger partial charge in [0.1, 0.15) is 0 Å². The van der Waals surface area contributed by atoms with E-state index >= 15 is 0 Å². The summed E-state index contributed by atoms with van der Waals surface area (Å²) in [4.78, 5) is 7.50. The Bertz CT molecular complexity index is 1090. The van der Waals surface area contributed by atoms with Gasteiger partial charge in [-0.1, -0.05) is 37.8 Å². The summed E-state index contributed by atoms with van der Waals surface area (Å²) in [5.74, 6) is -2.62. The standard InChI is InChI=1S/C11H11N.C9H10F3N.C7H11F2N.C2H4.CH5N/c1-2-9-4-3-5-10-8-12-7-6-11(9)10;1-2-13-8-5-3-4-7(6-8)9(10,11)12;1-6(10-3)4-5-7(2,8)9;2*1-2/h3-8H,2H2,1H3;3-6,13H,2H2,1H3;1,3-5H2,2H3;1-2H2;2H2,1H3. The first-order valence-corrected chi connectivity index (χ1v) is 12.2.